The summed E-state index contributed by atoms with van der Waals surface area (Å²) in [6, 6.07) is 6.28. The predicted octanol–water partition coefficient (Wildman–Crippen LogP) is 4.84. The van der Waals surface area contributed by atoms with Crippen LogP contribution in [0.3, 0.4) is 0 Å². The number of hydrogen-bond donors (Lipinski definition) is 0. The van der Waals surface area contributed by atoms with Gasteiger partial charge in [0.05, 0.1) is 0 Å². The number of halogens is 1. The third-order valence-electron chi connectivity index (χ3n) is 2.54. The van der Waals surface area contributed by atoms with E-state index in [0.717, 1.165) is 5.56 Å². The molecule has 0 fully saturated rings. The van der Waals surface area contributed by atoms with Crippen LogP contribution in [0.2, 0.25) is 0 Å². The van der Waals surface area contributed by atoms with Gasteiger partial charge >= 0.3 is 0 Å². The highest BCUT2D eigenvalue weighted by Gasteiger charge is 1.98. The third-order valence-corrected chi connectivity index (χ3v) is 2.80. The van der Waals surface area contributed by atoms with E-state index in [1.165, 1.54) is 11.1 Å². The van der Waals surface area contributed by atoms with E-state index in [9.17, 15) is 0 Å². The molecule has 0 saturated heterocycles. The third kappa shape index (κ3) is 5.46. The number of nitrogens with zero attached hydrogens (tertiary/aromatic N) is 1. The first-order chi connectivity index (χ1) is 9.02. The Morgan fingerprint density at radius 2 is 2.21 bits per heavy atom. The first kappa shape index (κ1) is 15.1. The van der Waals surface area contributed by atoms with Crippen molar-refractivity contribution in [3.05, 3.63) is 64.4 Å². The molecule has 0 heterocycles. The Kier molecular flexibility index (Phi) is 5.92. The van der Waals surface area contributed by atoms with Crippen LogP contribution >= 0.6 is 11.6 Å². The summed E-state index contributed by atoms with van der Waals surface area (Å²) < 4.78 is 4.57. The second-order valence-corrected chi connectivity index (χ2v) is 4.73. The minimum Gasteiger partial charge on any atom is -0.393 e. The molecule has 3 heteroatoms. The maximum absolute atomic E-state index is 8.32. The van der Waals surface area contributed by atoms with Gasteiger partial charge in [0.15, 0.2) is 0 Å². The minimum atomic E-state index is 0.337. The fourth-order valence-corrected chi connectivity index (χ4v) is 1.77. The molecular weight excluding hydrogens is 258 g/mol. The molecule has 1 aromatic carbocycles. The highest BCUT2D eigenvalue weighted by atomic mass is 35.5. The molecule has 0 aliphatic carbocycles. The topological polar surface area (TPSA) is 33.0 Å². The van der Waals surface area contributed by atoms with Crippen LogP contribution in [0.4, 0.5) is 0 Å². The van der Waals surface area contributed by atoms with Gasteiger partial charge in [-0.25, -0.2) is 0 Å². The van der Waals surface area contributed by atoms with Crippen LogP contribution in [0.15, 0.2) is 47.7 Å². The Hall–Kier alpha value is -1.98. The monoisotopic (exact) mass is 273 g/mol. The molecule has 0 aliphatic heterocycles. The Morgan fingerprint density at radius 1 is 1.47 bits per heavy atom. The summed E-state index contributed by atoms with van der Waals surface area (Å²) in [6.45, 7) is 7.70. The first-order valence-corrected chi connectivity index (χ1v) is 6.24. The second kappa shape index (κ2) is 7.45. The molecule has 0 amide bonds. The zero-order valence-corrected chi connectivity index (χ0v) is 11.9. The maximum Gasteiger partial charge on any atom is 0.291 e. The van der Waals surface area contributed by atoms with E-state index < -0.39 is 0 Å². The Balaban J connectivity index is 2.69. The number of rotatable bonds is 5. The Morgan fingerprint density at radius 3 is 2.89 bits per heavy atom. The number of hydrogen-bond acceptors (Lipinski definition) is 2. The molecule has 0 unspecified atom stereocenters. The van der Waals surface area contributed by atoms with Crippen molar-refractivity contribution in [3.63, 3.8) is 0 Å². The summed E-state index contributed by atoms with van der Waals surface area (Å²) in [6.07, 6.45) is 7.56. The minimum absolute atomic E-state index is 0.337. The summed E-state index contributed by atoms with van der Waals surface area (Å²) in [5, 5.41) is 8.89. The second-order valence-electron chi connectivity index (χ2n) is 4.24. The summed E-state index contributed by atoms with van der Waals surface area (Å²) in [5.41, 5.74) is 3.59. The molecule has 0 spiro atoms. The van der Waals surface area contributed by atoms with Crippen LogP contribution in [0.5, 0.6) is 0 Å². The van der Waals surface area contributed by atoms with Crippen LogP contribution in [-0.4, -0.2) is 0 Å². The van der Waals surface area contributed by atoms with Crippen molar-refractivity contribution in [3.8, 4) is 6.26 Å². The van der Waals surface area contributed by atoms with Gasteiger partial charge in [-0.15, -0.1) is 5.26 Å². The maximum atomic E-state index is 8.32. The Bertz CT molecular complexity index is 565. The molecule has 2 nitrogen and oxygen atoms in total. The van der Waals surface area contributed by atoms with E-state index in [1.807, 2.05) is 12.2 Å². The van der Waals surface area contributed by atoms with Crippen LogP contribution in [-0.2, 0) is 4.74 Å². The van der Waals surface area contributed by atoms with Gasteiger partial charge in [-0.3, -0.25) is 0 Å². The number of benzene rings is 1. The van der Waals surface area contributed by atoms with Crippen LogP contribution in [0.25, 0.3) is 6.08 Å². The van der Waals surface area contributed by atoms with E-state index in [4.69, 9.17) is 16.9 Å². The molecule has 0 radical (unpaired) electrons. The lowest BCUT2D eigenvalue weighted by Crippen LogP contribution is -1.84. The number of allylic oxidation sites excluding steroid dienone is 3. The van der Waals surface area contributed by atoms with Gasteiger partial charge in [0.2, 0.25) is 0 Å². The lowest BCUT2D eigenvalue weighted by molar-refractivity contribution is 0.368. The van der Waals surface area contributed by atoms with E-state index >= 15 is 0 Å². The summed E-state index contributed by atoms with van der Waals surface area (Å²) in [7, 11) is 0. The average molecular weight is 274 g/mol. The van der Waals surface area contributed by atoms with Crippen molar-refractivity contribution in [2.24, 2.45) is 0 Å². The zero-order chi connectivity index (χ0) is 14.3. The number of nitriles is 1. The molecule has 0 aromatic heterocycles. The van der Waals surface area contributed by atoms with Crippen LogP contribution in [0, 0.1) is 25.4 Å². The molecule has 0 atom stereocenters. The molecule has 19 heavy (non-hydrogen) atoms. The van der Waals surface area contributed by atoms with Gasteiger partial charge in [0, 0.05) is 11.5 Å². The van der Waals surface area contributed by atoms with Gasteiger partial charge in [0.1, 0.15) is 5.76 Å². The highest BCUT2D eigenvalue weighted by Crippen LogP contribution is 2.16. The van der Waals surface area contributed by atoms with Crippen molar-refractivity contribution < 1.29 is 4.74 Å². The first-order valence-electron chi connectivity index (χ1n) is 5.86. The van der Waals surface area contributed by atoms with Crippen LogP contribution in [0.1, 0.15) is 23.1 Å². The quantitative estimate of drug-likeness (QED) is 0.437. The summed E-state index contributed by atoms with van der Waals surface area (Å²) in [5.74, 6) is 0.337. The zero-order valence-electron chi connectivity index (χ0n) is 11.1. The van der Waals surface area contributed by atoms with E-state index in [2.05, 4.69) is 43.4 Å². The van der Waals surface area contributed by atoms with Crippen molar-refractivity contribution in [2.45, 2.75) is 20.3 Å². The molecule has 1 rings (SSSR count). The molecule has 0 aliphatic rings. The summed E-state index contributed by atoms with van der Waals surface area (Å²) in [4.78, 5) is 0. The lowest BCUT2D eigenvalue weighted by atomic mass is 10.1. The molecule has 0 N–H and O–H groups in total. The number of ether oxygens (including phenoxy) is 1. The predicted molar refractivity (Wildman–Crippen MR) is 79.3 cm³/mol. The lowest BCUT2D eigenvalue weighted by Gasteiger charge is -2.01. The van der Waals surface area contributed by atoms with E-state index in [0.29, 0.717) is 17.2 Å². The normalized spacial score (nSPS) is 11.4. The van der Waals surface area contributed by atoms with Crippen molar-refractivity contribution in [1.82, 2.24) is 0 Å². The van der Waals surface area contributed by atoms with Crippen molar-refractivity contribution >= 4 is 17.7 Å². The van der Waals surface area contributed by atoms with Gasteiger partial charge < -0.3 is 4.74 Å². The van der Waals surface area contributed by atoms with E-state index in [-0.39, 0.29) is 0 Å². The molecule has 1 aromatic rings. The van der Waals surface area contributed by atoms with Gasteiger partial charge in [-0.05, 0) is 31.1 Å². The fraction of sp³-hybridized carbons (Fsp3) is 0.188. The van der Waals surface area contributed by atoms with Gasteiger partial charge in [-0.1, -0.05) is 54.1 Å². The van der Waals surface area contributed by atoms with Crippen molar-refractivity contribution in [1.29, 1.82) is 5.26 Å². The molecule has 98 valence electrons. The molecule has 0 saturated carbocycles. The average Bonchev–Trinajstić information content (AvgIpc) is 2.33. The highest BCUT2D eigenvalue weighted by molar-refractivity contribution is 6.29. The van der Waals surface area contributed by atoms with Gasteiger partial charge in [0.25, 0.3) is 6.26 Å². The smallest absolute Gasteiger partial charge is 0.291 e. The standard InChI is InChI=1S/C16H16ClNO/c1-12-7-8-13(2)15(9-12)5-4-6-16(17)10-14(3)19-11-18/h4-9H,3,10H2,1-2H3/b5-4+,16-6+. The van der Waals surface area contributed by atoms with Gasteiger partial charge in [-0.2, -0.15) is 0 Å². The largest absolute Gasteiger partial charge is 0.393 e. The Labute approximate surface area is 119 Å². The fourth-order valence-electron chi connectivity index (χ4n) is 1.54. The summed E-state index contributed by atoms with van der Waals surface area (Å²) >= 11 is 6.01. The number of aryl methyl sites for hydroxylation is 2. The van der Waals surface area contributed by atoms with E-state index in [1.54, 1.807) is 12.3 Å². The molecular formula is C16H16ClNO. The molecule has 0 bridgehead atoms. The SMILES string of the molecule is C=C(C/C(Cl)=C\C=C\c1cc(C)ccc1C)OC#N. The van der Waals surface area contributed by atoms with Crippen molar-refractivity contribution in [2.75, 3.05) is 0 Å². The van der Waals surface area contributed by atoms with Crippen LogP contribution < -0.4 is 0 Å².